The fraction of sp³-hybridized carbons (Fsp3) is 0.800. The molecular formula is C10H21N3O4. The maximum atomic E-state index is 11.8. The van der Waals surface area contributed by atoms with Gasteiger partial charge in [0.05, 0.1) is 19.8 Å². The van der Waals surface area contributed by atoms with Crippen molar-refractivity contribution in [2.45, 2.75) is 19.9 Å². The van der Waals surface area contributed by atoms with E-state index in [1.54, 1.807) is 7.11 Å². The average Bonchev–Trinajstić information content (AvgIpc) is 2.30. The molecule has 0 unspecified atom stereocenters. The Bertz CT molecular complexity index is 256. The van der Waals surface area contributed by atoms with E-state index in [4.69, 9.17) is 20.4 Å². The Morgan fingerprint density at radius 3 is 2.59 bits per heavy atom. The zero-order valence-electron chi connectivity index (χ0n) is 10.5. The largest absolute Gasteiger partial charge is 0.409 e. The molecule has 0 aromatic carbocycles. The number of hydrogen-bond donors (Lipinski definition) is 2. The third kappa shape index (κ3) is 6.75. The Hall–Kier alpha value is -1.34. The quantitative estimate of drug-likeness (QED) is 0.200. The third-order valence-corrected chi connectivity index (χ3v) is 2.06. The second-order valence-corrected chi connectivity index (χ2v) is 3.75. The van der Waals surface area contributed by atoms with Crippen molar-refractivity contribution in [2.24, 2.45) is 10.9 Å². The van der Waals surface area contributed by atoms with Gasteiger partial charge in [0, 0.05) is 13.2 Å². The highest BCUT2D eigenvalue weighted by Crippen LogP contribution is 1.99. The molecule has 0 heterocycles. The Labute approximate surface area is 101 Å². The van der Waals surface area contributed by atoms with Crippen LogP contribution in [-0.4, -0.2) is 61.4 Å². The number of carbonyl (C=O) groups excluding carboxylic acids is 1. The predicted octanol–water partition coefficient (Wildman–Crippen LogP) is -0.367. The summed E-state index contributed by atoms with van der Waals surface area (Å²) in [6, 6.07) is -0.0474. The number of hydrogen-bond acceptors (Lipinski definition) is 5. The van der Waals surface area contributed by atoms with Gasteiger partial charge in [0.2, 0.25) is 5.91 Å². The van der Waals surface area contributed by atoms with Crippen LogP contribution in [0.5, 0.6) is 0 Å². The van der Waals surface area contributed by atoms with Gasteiger partial charge in [0.25, 0.3) is 0 Å². The van der Waals surface area contributed by atoms with Gasteiger partial charge >= 0.3 is 0 Å². The topological polar surface area (TPSA) is 97.4 Å². The molecule has 0 aliphatic heterocycles. The van der Waals surface area contributed by atoms with Crippen molar-refractivity contribution in [1.29, 1.82) is 0 Å². The molecule has 0 aromatic heterocycles. The molecule has 100 valence electrons. The molecule has 0 atom stereocenters. The SMILES string of the molecule is COCCOCC(=O)N(CC(N)=NO)C(C)C. The normalized spacial score (nSPS) is 11.9. The first-order valence-electron chi connectivity index (χ1n) is 5.35. The van der Waals surface area contributed by atoms with Crippen LogP contribution in [0.1, 0.15) is 13.8 Å². The predicted molar refractivity (Wildman–Crippen MR) is 63.0 cm³/mol. The van der Waals surface area contributed by atoms with Crippen LogP contribution in [0.2, 0.25) is 0 Å². The minimum Gasteiger partial charge on any atom is -0.409 e. The second kappa shape index (κ2) is 8.77. The summed E-state index contributed by atoms with van der Waals surface area (Å²) in [6.45, 7) is 4.53. The summed E-state index contributed by atoms with van der Waals surface area (Å²) in [6.07, 6.45) is 0. The van der Waals surface area contributed by atoms with Crippen molar-refractivity contribution in [1.82, 2.24) is 4.90 Å². The van der Waals surface area contributed by atoms with E-state index in [9.17, 15) is 4.79 Å². The Kier molecular flexibility index (Phi) is 8.08. The Morgan fingerprint density at radius 1 is 1.47 bits per heavy atom. The molecule has 17 heavy (non-hydrogen) atoms. The highest BCUT2D eigenvalue weighted by molar-refractivity contribution is 5.87. The monoisotopic (exact) mass is 247 g/mol. The third-order valence-electron chi connectivity index (χ3n) is 2.06. The smallest absolute Gasteiger partial charge is 0.249 e. The molecule has 7 nitrogen and oxygen atoms in total. The van der Waals surface area contributed by atoms with Gasteiger partial charge in [-0.25, -0.2) is 0 Å². The van der Waals surface area contributed by atoms with Crippen molar-refractivity contribution in [2.75, 3.05) is 33.5 Å². The molecule has 0 aromatic rings. The first-order valence-corrected chi connectivity index (χ1v) is 5.35. The number of ether oxygens (including phenoxy) is 2. The van der Waals surface area contributed by atoms with E-state index in [0.717, 1.165) is 0 Å². The number of nitrogens with two attached hydrogens (primary N) is 1. The van der Waals surface area contributed by atoms with Crippen molar-refractivity contribution in [3.05, 3.63) is 0 Å². The fourth-order valence-electron chi connectivity index (χ4n) is 1.15. The molecule has 0 aliphatic carbocycles. The van der Waals surface area contributed by atoms with Crippen LogP contribution in [0.25, 0.3) is 0 Å². The van der Waals surface area contributed by atoms with Crippen LogP contribution in [-0.2, 0) is 14.3 Å². The summed E-state index contributed by atoms with van der Waals surface area (Å²) in [5, 5.41) is 11.3. The van der Waals surface area contributed by atoms with E-state index in [1.807, 2.05) is 13.8 Å². The maximum Gasteiger partial charge on any atom is 0.249 e. The summed E-state index contributed by atoms with van der Waals surface area (Å²) in [4.78, 5) is 13.2. The van der Waals surface area contributed by atoms with Crippen molar-refractivity contribution >= 4 is 11.7 Å². The number of amides is 1. The van der Waals surface area contributed by atoms with Gasteiger partial charge in [0.15, 0.2) is 5.84 Å². The lowest BCUT2D eigenvalue weighted by molar-refractivity contribution is -0.137. The van der Waals surface area contributed by atoms with Crippen LogP contribution in [0.15, 0.2) is 5.16 Å². The van der Waals surface area contributed by atoms with Crippen molar-refractivity contribution in [3.8, 4) is 0 Å². The molecule has 0 rings (SSSR count). The van der Waals surface area contributed by atoms with Crippen LogP contribution >= 0.6 is 0 Å². The number of rotatable bonds is 8. The standard InChI is InChI=1S/C10H21N3O4/c1-8(2)13(6-9(11)12-15)10(14)7-17-5-4-16-3/h8,15H,4-7H2,1-3H3,(H2,11,12). The van der Waals surface area contributed by atoms with E-state index in [0.29, 0.717) is 13.2 Å². The second-order valence-electron chi connectivity index (χ2n) is 3.75. The van der Waals surface area contributed by atoms with Crippen LogP contribution in [0.3, 0.4) is 0 Å². The van der Waals surface area contributed by atoms with Crippen LogP contribution < -0.4 is 5.73 Å². The lowest BCUT2D eigenvalue weighted by Crippen LogP contribution is -2.44. The molecule has 0 saturated heterocycles. The van der Waals surface area contributed by atoms with E-state index < -0.39 is 0 Å². The fourth-order valence-corrected chi connectivity index (χ4v) is 1.15. The summed E-state index contributed by atoms with van der Waals surface area (Å²) in [7, 11) is 1.56. The first kappa shape index (κ1) is 15.7. The molecule has 7 heteroatoms. The van der Waals surface area contributed by atoms with Gasteiger partial charge in [0.1, 0.15) is 6.61 Å². The molecule has 0 fully saturated rings. The average molecular weight is 247 g/mol. The van der Waals surface area contributed by atoms with Crippen LogP contribution in [0.4, 0.5) is 0 Å². The Balaban J connectivity index is 4.16. The van der Waals surface area contributed by atoms with E-state index >= 15 is 0 Å². The summed E-state index contributed by atoms with van der Waals surface area (Å²) >= 11 is 0. The number of nitrogens with zero attached hydrogens (tertiary/aromatic N) is 2. The molecule has 0 bridgehead atoms. The molecule has 0 spiro atoms. The molecule has 0 aliphatic rings. The molecular weight excluding hydrogens is 226 g/mol. The van der Waals surface area contributed by atoms with Crippen molar-refractivity contribution < 1.29 is 19.5 Å². The Morgan fingerprint density at radius 2 is 2.12 bits per heavy atom. The minimum absolute atomic E-state index is 0.0102. The lowest BCUT2D eigenvalue weighted by atomic mass is 10.3. The minimum atomic E-state index is -0.206. The highest BCUT2D eigenvalue weighted by atomic mass is 16.5. The molecule has 3 N–H and O–H groups in total. The van der Waals surface area contributed by atoms with E-state index in [1.165, 1.54) is 4.90 Å². The number of oxime groups is 1. The van der Waals surface area contributed by atoms with Gasteiger partial charge in [-0.05, 0) is 13.8 Å². The zero-order valence-corrected chi connectivity index (χ0v) is 10.5. The first-order chi connectivity index (χ1) is 8.02. The maximum absolute atomic E-state index is 11.8. The van der Waals surface area contributed by atoms with Crippen molar-refractivity contribution in [3.63, 3.8) is 0 Å². The summed E-state index contributed by atoms with van der Waals surface area (Å²) < 4.78 is 9.91. The number of carbonyl (C=O) groups is 1. The number of amidine groups is 1. The summed E-state index contributed by atoms with van der Waals surface area (Å²) in [5.74, 6) is -0.216. The van der Waals surface area contributed by atoms with E-state index in [-0.39, 0.29) is 30.9 Å². The van der Waals surface area contributed by atoms with Gasteiger partial charge < -0.3 is 25.3 Å². The lowest BCUT2D eigenvalue weighted by Gasteiger charge is -2.25. The van der Waals surface area contributed by atoms with Gasteiger partial charge in [-0.15, -0.1) is 0 Å². The zero-order chi connectivity index (χ0) is 13.3. The van der Waals surface area contributed by atoms with Gasteiger partial charge in [-0.1, -0.05) is 5.16 Å². The highest BCUT2D eigenvalue weighted by Gasteiger charge is 2.18. The van der Waals surface area contributed by atoms with Gasteiger partial charge in [-0.3, -0.25) is 4.79 Å². The summed E-state index contributed by atoms with van der Waals surface area (Å²) in [5.41, 5.74) is 5.37. The van der Waals surface area contributed by atoms with Gasteiger partial charge in [-0.2, -0.15) is 0 Å². The number of methoxy groups -OCH3 is 1. The molecule has 0 saturated carbocycles. The van der Waals surface area contributed by atoms with Crippen LogP contribution in [0, 0.1) is 0 Å². The molecule has 0 radical (unpaired) electrons. The van der Waals surface area contributed by atoms with E-state index in [2.05, 4.69) is 5.16 Å². The molecule has 1 amide bonds.